The van der Waals surface area contributed by atoms with Gasteiger partial charge in [0, 0.05) is 48.2 Å². The van der Waals surface area contributed by atoms with Crippen LogP contribution in [0.25, 0.3) is 11.1 Å². The van der Waals surface area contributed by atoms with Crippen LogP contribution in [0.1, 0.15) is 72.9 Å². The Morgan fingerprint density at radius 2 is 1.60 bits per heavy atom. The van der Waals surface area contributed by atoms with E-state index in [1.807, 2.05) is 12.4 Å². The average Bonchev–Trinajstić information content (AvgIpc) is 2.98. The standard InChI is InChI=1S/C37H49NO4Si/c1-9-37(10-2,34-13-14-35(29(4)24-34)32-25-30(26-38-27-32)16-20-41-39-5)33-12-11-31(28(3)23-33)15-17-36(42-43(6,7)8)18-21-40-22-19-36/h11-14,23-27H,9-10,16,18-22H2,1-8H3. The smallest absolute Gasteiger partial charge is 0.185 e. The van der Waals surface area contributed by atoms with Gasteiger partial charge in [-0.05, 0) is 91.8 Å². The van der Waals surface area contributed by atoms with E-state index in [1.165, 1.54) is 34.9 Å². The minimum atomic E-state index is -1.76. The number of aromatic nitrogens is 1. The molecule has 0 bridgehead atoms. The first-order valence-electron chi connectivity index (χ1n) is 15.7. The Labute approximate surface area is 260 Å². The molecule has 0 aliphatic carbocycles. The highest BCUT2D eigenvalue weighted by Gasteiger charge is 2.36. The van der Waals surface area contributed by atoms with Gasteiger partial charge in [-0.2, -0.15) is 0 Å². The van der Waals surface area contributed by atoms with Gasteiger partial charge in [-0.3, -0.25) is 4.98 Å². The molecule has 0 N–H and O–H groups in total. The first-order chi connectivity index (χ1) is 20.5. The van der Waals surface area contributed by atoms with Gasteiger partial charge in [-0.15, -0.1) is 0 Å². The third-order valence-electron chi connectivity index (χ3n) is 8.69. The van der Waals surface area contributed by atoms with E-state index in [9.17, 15) is 0 Å². The number of aryl methyl sites for hydroxylation is 2. The normalized spacial score (nSPS) is 15.2. The molecule has 1 fully saturated rings. The van der Waals surface area contributed by atoms with Gasteiger partial charge in [-0.25, -0.2) is 9.78 Å². The van der Waals surface area contributed by atoms with E-state index >= 15 is 0 Å². The minimum absolute atomic E-state index is 0.0829. The van der Waals surface area contributed by atoms with Crippen molar-refractivity contribution in [3.8, 4) is 23.0 Å². The number of ether oxygens (including phenoxy) is 1. The highest BCUT2D eigenvalue weighted by atomic mass is 28.4. The first kappa shape index (κ1) is 33.1. The summed E-state index contributed by atoms with van der Waals surface area (Å²) in [6, 6.07) is 16.0. The van der Waals surface area contributed by atoms with Crippen LogP contribution in [0.5, 0.6) is 0 Å². The third kappa shape index (κ3) is 8.03. The lowest BCUT2D eigenvalue weighted by molar-refractivity contribution is -0.271. The molecule has 5 nitrogen and oxygen atoms in total. The van der Waals surface area contributed by atoms with E-state index in [0.29, 0.717) is 19.8 Å². The molecule has 1 saturated heterocycles. The number of benzene rings is 2. The Hall–Kier alpha value is -2.79. The molecule has 0 radical (unpaired) electrons. The molecule has 3 aromatic rings. The van der Waals surface area contributed by atoms with Gasteiger partial charge in [0.2, 0.25) is 0 Å². The van der Waals surface area contributed by atoms with Crippen LogP contribution < -0.4 is 0 Å². The Balaban J connectivity index is 1.64. The summed E-state index contributed by atoms with van der Waals surface area (Å²) in [4.78, 5) is 14.3. The van der Waals surface area contributed by atoms with Crippen molar-refractivity contribution < 1.29 is 18.9 Å². The van der Waals surface area contributed by atoms with Crippen molar-refractivity contribution in [3.63, 3.8) is 0 Å². The maximum absolute atomic E-state index is 6.65. The summed E-state index contributed by atoms with van der Waals surface area (Å²) in [5, 5.41) is 0. The Bertz CT molecular complexity index is 1440. The number of pyridine rings is 1. The lowest BCUT2D eigenvalue weighted by Crippen LogP contribution is -2.45. The fourth-order valence-electron chi connectivity index (χ4n) is 6.36. The maximum Gasteiger partial charge on any atom is 0.185 e. The van der Waals surface area contributed by atoms with E-state index in [0.717, 1.165) is 48.8 Å². The largest absolute Gasteiger partial charge is 0.401 e. The van der Waals surface area contributed by atoms with Crippen LogP contribution in [0.2, 0.25) is 19.6 Å². The molecule has 0 amide bonds. The van der Waals surface area contributed by atoms with Crippen LogP contribution in [0.15, 0.2) is 54.9 Å². The molecule has 2 aromatic carbocycles. The van der Waals surface area contributed by atoms with Gasteiger partial charge in [0.1, 0.15) is 5.60 Å². The summed E-state index contributed by atoms with van der Waals surface area (Å²) in [5.41, 5.74) is 9.18. The summed E-state index contributed by atoms with van der Waals surface area (Å²) in [6.07, 6.45) is 8.26. The van der Waals surface area contributed by atoms with Crippen molar-refractivity contribution in [3.05, 3.63) is 88.2 Å². The number of rotatable bonds is 11. The topological polar surface area (TPSA) is 49.8 Å². The van der Waals surface area contributed by atoms with Crippen molar-refractivity contribution in [1.82, 2.24) is 4.98 Å². The second-order valence-electron chi connectivity index (χ2n) is 12.7. The second-order valence-corrected chi connectivity index (χ2v) is 17.2. The van der Waals surface area contributed by atoms with Crippen LogP contribution in [0.4, 0.5) is 0 Å². The van der Waals surface area contributed by atoms with Crippen molar-refractivity contribution in [1.29, 1.82) is 0 Å². The maximum atomic E-state index is 6.65. The zero-order chi connectivity index (χ0) is 31.1. The Morgan fingerprint density at radius 3 is 2.21 bits per heavy atom. The van der Waals surface area contributed by atoms with Crippen LogP contribution in [-0.4, -0.2) is 45.8 Å². The van der Waals surface area contributed by atoms with Gasteiger partial charge in [0.05, 0.1) is 26.9 Å². The Kier molecular flexibility index (Phi) is 11.0. The number of nitrogens with zero attached hydrogens (tertiary/aromatic N) is 1. The second kappa shape index (κ2) is 14.3. The highest BCUT2D eigenvalue weighted by Crippen LogP contribution is 2.41. The van der Waals surface area contributed by atoms with Gasteiger partial charge < -0.3 is 9.16 Å². The molecular weight excluding hydrogens is 550 g/mol. The lowest BCUT2D eigenvalue weighted by Gasteiger charge is -2.38. The van der Waals surface area contributed by atoms with Crippen LogP contribution in [-0.2, 0) is 30.8 Å². The quantitative estimate of drug-likeness (QED) is 0.0729. The van der Waals surface area contributed by atoms with Gasteiger partial charge in [-0.1, -0.05) is 56.0 Å². The molecule has 2 heterocycles. The third-order valence-corrected chi connectivity index (χ3v) is 9.69. The monoisotopic (exact) mass is 599 g/mol. The van der Waals surface area contributed by atoms with Crippen LogP contribution in [0, 0.1) is 25.7 Å². The predicted molar refractivity (Wildman–Crippen MR) is 178 cm³/mol. The summed E-state index contributed by atoms with van der Waals surface area (Å²) >= 11 is 0. The molecule has 0 unspecified atom stereocenters. The number of hydrogen-bond acceptors (Lipinski definition) is 5. The molecule has 6 heteroatoms. The van der Waals surface area contributed by atoms with Gasteiger partial charge in [0.25, 0.3) is 0 Å². The summed E-state index contributed by atoms with van der Waals surface area (Å²) in [6.45, 7) is 17.6. The van der Waals surface area contributed by atoms with E-state index in [2.05, 4.69) is 107 Å². The van der Waals surface area contributed by atoms with Gasteiger partial charge in [0.15, 0.2) is 8.32 Å². The SMILES string of the molecule is CCC(CC)(c1ccc(C#CC2(O[Si](C)(C)C)CCOCC2)c(C)c1)c1ccc(-c2cncc(CCOOC)c2)c(C)c1. The summed E-state index contributed by atoms with van der Waals surface area (Å²) < 4.78 is 12.3. The first-order valence-corrected chi connectivity index (χ1v) is 19.1. The number of hydrogen-bond donors (Lipinski definition) is 0. The van der Waals surface area contributed by atoms with E-state index in [4.69, 9.17) is 18.9 Å². The summed E-state index contributed by atoms with van der Waals surface area (Å²) in [5.74, 6) is 7.10. The van der Waals surface area contributed by atoms with Crippen molar-refractivity contribution >= 4 is 8.32 Å². The van der Waals surface area contributed by atoms with E-state index in [1.54, 1.807) is 0 Å². The van der Waals surface area contributed by atoms with Crippen LogP contribution in [0.3, 0.4) is 0 Å². The molecular formula is C37H49NO4Si. The van der Waals surface area contributed by atoms with Crippen molar-refractivity contribution in [2.75, 3.05) is 26.9 Å². The van der Waals surface area contributed by atoms with Crippen molar-refractivity contribution in [2.45, 2.75) is 90.5 Å². The predicted octanol–water partition coefficient (Wildman–Crippen LogP) is 8.34. The minimum Gasteiger partial charge on any atom is -0.401 e. The fourth-order valence-corrected chi connectivity index (χ4v) is 7.78. The molecule has 230 valence electrons. The highest BCUT2D eigenvalue weighted by molar-refractivity contribution is 6.69. The molecule has 0 atom stereocenters. The fraction of sp³-hybridized carbons (Fsp3) is 0.486. The zero-order valence-electron chi connectivity index (χ0n) is 27.4. The molecule has 1 aliphatic heterocycles. The Morgan fingerprint density at radius 1 is 0.930 bits per heavy atom. The molecule has 0 saturated carbocycles. The summed E-state index contributed by atoms with van der Waals surface area (Å²) in [7, 11) is -0.230. The molecule has 1 aliphatic rings. The van der Waals surface area contributed by atoms with Crippen molar-refractivity contribution in [2.24, 2.45) is 0 Å². The van der Waals surface area contributed by atoms with E-state index < -0.39 is 13.9 Å². The molecule has 0 spiro atoms. The van der Waals surface area contributed by atoms with E-state index in [-0.39, 0.29) is 5.41 Å². The molecule has 1 aromatic heterocycles. The average molecular weight is 600 g/mol. The van der Waals surface area contributed by atoms with Gasteiger partial charge >= 0.3 is 0 Å². The molecule has 4 rings (SSSR count). The zero-order valence-corrected chi connectivity index (χ0v) is 28.4. The lowest BCUT2D eigenvalue weighted by atomic mass is 9.69. The van der Waals surface area contributed by atoms with Crippen LogP contribution >= 0.6 is 0 Å². The molecule has 43 heavy (non-hydrogen) atoms.